The van der Waals surface area contributed by atoms with Crippen LogP contribution in [0.1, 0.15) is 20.3 Å². The third-order valence-electron chi connectivity index (χ3n) is 2.29. The van der Waals surface area contributed by atoms with E-state index < -0.39 is 5.82 Å². The van der Waals surface area contributed by atoms with Gasteiger partial charge in [-0.2, -0.15) is 0 Å². The Labute approximate surface area is 105 Å². The maximum Gasteiger partial charge on any atom is 0.167 e. The Morgan fingerprint density at radius 3 is 2.89 bits per heavy atom. The van der Waals surface area contributed by atoms with Gasteiger partial charge in [-0.25, -0.2) is 4.39 Å². The van der Waals surface area contributed by atoms with Crippen molar-refractivity contribution in [2.75, 3.05) is 11.9 Å². The van der Waals surface area contributed by atoms with Gasteiger partial charge in [-0.3, -0.25) is 0 Å². The lowest BCUT2D eigenvalue weighted by atomic mass is 10.2. The minimum Gasteiger partial charge on any atom is -0.491 e. The van der Waals surface area contributed by atoms with Gasteiger partial charge in [0.25, 0.3) is 0 Å². The van der Waals surface area contributed by atoms with Gasteiger partial charge in [0.15, 0.2) is 11.6 Å². The van der Waals surface area contributed by atoms with E-state index in [0.29, 0.717) is 18.7 Å². The number of halogens is 1. The summed E-state index contributed by atoms with van der Waals surface area (Å²) in [6, 6.07) is 4.57. The summed E-state index contributed by atoms with van der Waals surface area (Å²) in [4.78, 5) is 0. The lowest BCUT2D eigenvalue weighted by Crippen LogP contribution is -2.24. The maximum absolute atomic E-state index is 13.6. The highest BCUT2D eigenvalue weighted by atomic mass is 19.1. The minimum absolute atomic E-state index is 0.0711. The highest BCUT2D eigenvalue weighted by molar-refractivity contribution is 5.80. The molecule has 0 aliphatic heterocycles. The first-order chi connectivity index (χ1) is 8.56. The smallest absolute Gasteiger partial charge is 0.167 e. The fourth-order valence-corrected chi connectivity index (χ4v) is 1.55. The van der Waals surface area contributed by atoms with Crippen LogP contribution in [0.5, 0.6) is 5.75 Å². The van der Waals surface area contributed by atoms with Gasteiger partial charge in [0.05, 0.1) is 6.61 Å². The molecule has 6 heteroatoms. The molecule has 5 nitrogen and oxygen atoms in total. The molecule has 0 bridgehead atoms. The monoisotopic (exact) mass is 255 g/mol. The molecule has 0 aliphatic rings. The zero-order valence-electron chi connectivity index (χ0n) is 10.5. The van der Waals surface area contributed by atoms with Crippen LogP contribution >= 0.6 is 0 Å². The number of nitrogens with zero attached hydrogens (tertiary/aromatic N) is 1. The van der Waals surface area contributed by atoms with Crippen LogP contribution in [-0.4, -0.2) is 23.7 Å². The number of ether oxygens (including phenoxy) is 1. The quantitative estimate of drug-likeness (QED) is 0.315. The molecule has 4 N–H and O–H groups in total. The van der Waals surface area contributed by atoms with Crippen molar-refractivity contribution in [2.45, 2.75) is 26.3 Å². The predicted octanol–water partition coefficient (Wildman–Crippen LogP) is 2.16. The van der Waals surface area contributed by atoms with Gasteiger partial charge in [0.1, 0.15) is 5.84 Å². The fraction of sp³-hybridized carbons (Fsp3) is 0.417. The summed E-state index contributed by atoms with van der Waals surface area (Å²) < 4.78 is 18.7. The first kappa shape index (κ1) is 14.1. The number of benzene rings is 1. The average molecular weight is 255 g/mol. The van der Waals surface area contributed by atoms with Crippen LogP contribution in [0.25, 0.3) is 0 Å². The van der Waals surface area contributed by atoms with Gasteiger partial charge in [0, 0.05) is 24.2 Å². The molecular weight excluding hydrogens is 237 g/mol. The summed E-state index contributed by atoms with van der Waals surface area (Å²) in [5.74, 6) is -0.0635. The third-order valence-corrected chi connectivity index (χ3v) is 2.29. The fourth-order valence-electron chi connectivity index (χ4n) is 1.55. The molecule has 1 aromatic rings. The van der Waals surface area contributed by atoms with Crippen LogP contribution in [0.2, 0.25) is 0 Å². The summed E-state index contributed by atoms with van der Waals surface area (Å²) in [5.41, 5.74) is 6.01. The van der Waals surface area contributed by atoms with Gasteiger partial charge >= 0.3 is 0 Å². The van der Waals surface area contributed by atoms with Crippen LogP contribution in [0, 0.1) is 5.82 Å². The van der Waals surface area contributed by atoms with Gasteiger partial charge in [-0.15, -0.1) is 0 Å². The van der Waals surface area contributed by atoms with Gasteiger partial charge in [-0.05, 0) is 26.0 Å². The Kier molecular flexibility index (Phi) is 5.23. The molecule has 0 saturated heterocycles. The predicted molar refractivity (Wildman–Crippen MR) is 68.7 cm³/mol. The Balaban J connectivity index is 2.65. The molecule has 0 amide bonds. The van der Waals surface area contributed by atoms with Crippen molar-refractivity contribution < 1.29 is 14.3 Å². The molecule has 1 atom stereocenters. The van der Waals surface area contributed by atoms with Crippen LogP contribution in [0.4, 0.5) is 10.1 Å². The molecule has 0 heterocycles. The second-order valence-corrected chi connectivity index (χ2v) is 3.92. The summed E-state index contributed by atoms with van der Waals surface area (Å²) in [7, 11) is 0. The van der Waals surface area contributed by atoms with E-state index in [-0.39, 0.29) is 17.6 Å². The molecule has 1 rings (SSSR count). The number of hydrogen-bond acceptors (Lipinski definition) is 4. The Morgan fingerprint density at radius 1 is 1.61 bits per heavy atom. The number of amidine groups is 1. The largest absolute Gasteiger partial charge is 0.491 e. The lowest BCUT2D eigenvalue weighted by molar-refractivity contribution is 0.316. The van der Waals surface area contributed by atoms with E-state index in [2.05, 4.69) is 10.5 Å². The van der Waals surface area contributed by atoms with Crippen molar-refractivity contribution in [3.05, 3.63) is 24.0 Å². The van der Waals surface area contributed by atoms with Gasteiger partial charge in [-0.1, -0.05) is 5.16 Å². The molecule has 1 unspecified atom stereocenters. The molecule has 0 radical (unpaired) electrons. The molecular formula is C12H18FN3O2. The number of hydrogen-bond donors (Lipinski definition) is 3. The Morgan fingerprint density at radius 2 is 2.33 bits per heavy atom. The normalized spacial score (nSPS) is 13.2. The van der Waals surface area contributed by atoms with Crippen molar-refractivity contribution in [3.8, 4) is 5.75 Å². The van der Waals surface area contributed by atoms with Crippen LogP contribution in [0.15, 0.2) is 23.4 Å². The molecule has 1 aromatic carbocycles. The number of oxime groups is 1. The first-order valence-corrected chi connectivity index (χ1v) is 5.72. The topological polar surface area (TPSA) is 79.9 Å². The molecule has 18 heavy (non-hydrogen) atoms. The summed E-state index contributed by atoms with van der Waals surface area (Å²) in [6.45, 7) is 4.07. The highest BCUT2D eigenvalue weighted by Gasteiger charge is 2.08. The number of rotatable bonds is 6. The van der Waals surface area contributed by atoms with Crippen LogP contribution < -0.4 is 15.8 Å². The number of anilines is 1. The summed E-state index contributed by atoms with van der Waals surface area (Å²) >= 11 is 0. The molecule has 0 spiro atoms. The SMILES string of the molecule is CCOc1ccc(NC(C)C/C(N)=N/O)cc1F. The highest BCUT2D eigenvalue weighted by Crippen LogP contribution is 2.21. The third kappa shape index (κ3) is 4.12. The zero-order chi connectivity index (χ0) is 13.5. The van der Waals surface area contributed by atoms with E-state index in [4.69, 9.17) is 15.7 Å². The second kappa shape index (κ2) is 6.68. The van der Waals surface area contributed by atoms with E-state index in [1.807, 2.05) is 6.92 Å². The molecule has 100 valence electrons. The Hall–Kier alpha value is -1.98. The first-order valence-electron chi connectivity index (χ1n) is 5.72. The Bertz CT molecular complexity index is 424. The number of nitrogens with one attached hydrogen (secondary N) is 1. The van der Waals surface area contributed by atoms with E-state index >= 15 is 0 Å². The zero-order valence-corrected chi connectivity index (χ0v) is 10.5. The second-order valence-electron chi connectivity index (χ2n) is 3.92. The van der Waals surface area contributed by atoms with Crippen LogP contribution in [-0.2, 0) is 0 Å². The van der Waals surface area contributed by atoms with Crippen molar-refractivity contribution in [3.63, 3.8) is 0 Å². The lowest BCUT2D eigenvalue weighted by Gasteiger charge is -2.15. The minimum atomic E-state index is -0.419. The molecule has 0 aromatic heterocycles. The van der Waals surface area contributed by atoms with Gasteiger partial charge < -0.3 is 21.0 Å². The van der Waals surface area contributed by atoms with Crippen molar-refractivity contribution >= 4 is 11.5 Å². The average Bonchev–Trinajstić information content (AvgIpc) is 2.32. The molecule has 0 saturated carbocycles. The van der Waals surface area contributed by atoms with E-state index in [1.54, 1.807) is 19.1 Å². The van der Waals surface area contributed by atoms with Crippen molar-refractivity contribution in [1.29, 1.82) is 0 Å². The standard InChI is InChI=1S/C12H18FN3O2/c1-3-18-11-5-4-9(7-10(11)13)15-8(2)6-12(14)16-17/h4-5,7-8,15,17H,3,6H2,1-2H3,(H2,14,16). The molecule has 0 fully saturated rings. The summed E-state index contributed by atoms with van der Waals surface area (Å²) in [5, 5.41) is 14.4. The van der Waals surface area contributed by atoms with E-state index in [1.165, 1.54) is 6.07 Å². The molecule has 0 aliphatic carbocycles. The van der Waals surface area contributed by atoms with Crippen molar-refractivity contribution in [2.24, 2.45) is 10.9 Å². The maximum atomic E-state index is 13.6. The van der Waals surface area contributed by atoms with Crippen LogP contribution in [0.3, 0.4) is 0 Å². The number of nitrogens with two attached hydrogens (primary N) is 1. The summed E-state index contributed by atoms with van der Waals surface area (Å²) in [6.07, 6.45) is 0.366. The van der Waals surface area contributed by atoms with Crippen molar-refractivity contribution in [1.82, 2.24) is 0 Å². The van der Waals surface area contributed by atoms with E-state index in [9.17, 15) is 4.39 Å². The van der Waals surface area contributed by atoms with Gasteiger partial charge in [0.2, 0.25) is 0 Å². The van der Waals surface area contributed by atoms with E-state index in [0.717, 1.165) is 0 Å².